The molecule has 0 bridgehead atoms. The van der Waals surface area contributed by atoms with Crippen molar-refractivity contribution in [1.82, 2.24) is 0 Å². The molecule has 0 aromatic heterocycles. The standard InChI is InChI=1S/2Ca.O3Si/c;;1-4(2)3/q2*+2;-2. The van der Waals surface area contributed by atoms with Crippen LogP contribution in [0.15, 0.2) is 0 Å². The van der Waals surface area contributed by atoms with Crippen molar-refractivity contribution >= 4 is 84.6 Å². The maximum absolute atomic E-state index is 8.52. The molecule has 0 heterocycles. The summed E-state index contributed by atoms with van der Waals surface area (Å²) in [6.45, 7) is 0. The molecule has 0 saturated heterocycles. The van der Waals surface area contributed by atoms with Crippen LogP contribution in [0.3, 0.4) is 0 Å². The van der Waals surface area contributed by atoms with Gasteiger partial charge < -0.3 is 14.1 Å². The zero-order chi connectivity index (χ0) is 3.58. The minimum Gasteiger partial charge on any atom is -0.672 e. The van der Waals surface area contributed by atoms with Crippen LogP contribution >= 0.6 is 0 Å². The van der Waals surface area contributed by atoms with E-state index in [1.54, 1.807) is 0 Å². The topological polar surface area (TPSA) is 63.2 Å². The smallest absolute Gasteiger partial charge is 0.672 e. The molecule has 0 aliphatic rings. The molecule has 6 heavy (non-hydrogen) atoms. The summed E-state index contributed by atoms with van der Waals surface area (Å²) in [6.07, 6.45) is 0. The van der Waals surface area contributed by atoms with E-state index in [2.05, 4.69) is 0 Å². The molecule has 0 aliphatic heterocycles. The van der Waals surface area contributed by atoms with Crippen molar-refractivity contribution in [3.05, 3.63) is 0 Å². The second-order valence-electron chi connectivity index (χ2n) is 0.250. The van der Waals surface area contributed by atoms with E-state index in [1.807, 2.05) is 0 Å². The fraction of sp³-hybridized carbons (Fsp3) is 0. The summed E-state index contributed by atoms with van der Waals surface area (Å²) in [5, 5.41) is 0. The van der Waals surface area contributed by atoms with Crippen LogP contribution in [0.5, 0.6) is 0 Å². The second kappa shape index (κ2) is 10.2. The quantitative estimate of drug-likeness (QED) is 0.340. The maximum atomic E-state index is 8.52. The number of rotatable bonds is 0. The summed E-state index contributed by atoms with van der Waals surface area (Å²) in [5.41, 5.74) is 0. The monoisotopic (exact) mass is 156 g/mol. The van der Waals surface area contributed by atoms with Crippen molar-refractivity contribution in [3.63, 3.8) is 0 Å². The summed E-state index contributed by atoms with van der Waals surface area (Å²) >= 11 is 0. The van der Waals surface area contributed by atoms with Gasteiger partial charge in [-0.25, -0.2) is 0 Å². The third kappa shape index (κ3) is 35.5. The molecule has 0 aromatic carbocycles. The van der Waals surface area contributed by atoms with E-state index in [4.69, 9.17) is 14.1 Å². The third-order valence-electron chi connectivity index (χ3n) is 0. The van der Waals surface area contributed by atoms with Gasteiger partial charge in [-0.3, -0.25) is 0 Å². The molecule has 0 N–H and O–H groups in total. The van der Waals surface area contributed by atoms with E-state index >= 15 is 0 Å². The van der Waals surface area contributed by atoms with Crippen LogP contribution in [-0.4, -0.2) is 84.6 Å². The van der Waals surface area contributed by atoms with E-state index in [-0.39, 0.29) is 75.5 Å². The first-order valence-electron chi connectivity index (χ1n) is 0.612. The van der Waals surface area contributed by atoms with Crippen LogP contribution in [0, 0.1) is 0 Å². The summed E-state index contributed by atoms with van der Waals surface area (Å²) in [5.74, 6) is 0. The maximum Gasteiger partial charge on any atom is 2.00 e. The van der Waals surface area contributed by atoms with E-state index < -0.39 is 9.17 Å². The molecule has 0 atom stereocenters. The van der Waals surface area contributed by atoms with Crippen molar-refractivity contribution in [2.75, 3.05) is 0 Å². The fourth-order valence-electron chi connectivity index (χ4n) is 0. The van der Waals surface area contributed by atoms with Gasteiger partial charge in [-0.2, -0.15) is 0 Å². The molecule has 0 radical (unpaired) electrons. The Bertz CT molecular complexity index is 31.8. The van der Waals surface area contributed by atoms with Gasteiger partial charge in [-0.1, -0.05) is 0 Å². The first-order valence-corrected chi connectivity index (χ1v) is 1.84. The van der Waals surface area contributed by atoms with Crippen LogP contribution in [0.25, 0.3) is 0 Å². The van der Waals surface area contributed by atoms with Gasteiger partial charge in [0.2, 0.25) is 0 Å². The molecule has 0 saturated carbocycles. The van der Waals surface area contributed by atoms with Gasteiger partial charge in [0.1, 0.15) is 0 Å². The van der Waals surface area contributed by atoms with Crippen molar-refractivity contribution in [1.29, 1.82) is 0 Å². The zero-order valence-corrected chi connectivity index (χ0v) is 8.56. The largest absolute Gasteiger partial charge is 2.00 e. The van der Waals surface area contributed by atoms with E-state index in [0.717, 1.165) is 0 Å². The minimum absolute atomic E-state index is 0. The molecule has 6 heteroatoms. The Hall–Kier alpha value is 2.14. The van der Waals surface area contributed by atoms with Crippen LogP contribution in [-0.2, 0) is 4.46 Å². The number of hydrogen-bond donors (Lipinski definition) is 0. The zero-order valence-electron chi connectivity index (χ0n) is 3.14. The average Bonchev–Trinajstić information content (AvgIpc) is 0.811. The Kier molecular flexibility index (Phi) is 26.7. The predicted molar refractivity (Wildman–Crippen MR) is 17.9 cm³/mol. The molecule has 24 valence electrons. The van der Waals surface area contributed by atoms with Crippen LogP contribution in [0.1, 0.15) is 0 Å². The Labute approximate surface area is 96.6 Å². The summed E-state index contributed by atoms with van der Waals surface area (Å²) < 4.78 is 8.52. The third-order valence-corrected chi connectivity index (χ3v) is 0. The van der Waals surface area contributed by atoms with Gasteiger partial charge in [0, 0.05) is 9.17 Å². The molecule has 0 unspecified atom stereocenters. The molecule has 3 nitrogen and oxygen atoms in total. The Morgan fingerprint density at radius 2 is 1.17 bits per heavy atom. The van der Waals surface area contributed by atoms with Crippen molar-refractivity contribution in [2.24, 2.45) is 0 Å². The Morgan fingerprint density at radius 1 is 1.17 bits per heavy atom. The normalized spacial score (nSPS) is 4.00. The first kappa shape index (κ1) is 15.7. The van der Waals surface area contributed by atoms with Gasteiger partial charge in [0.15, 0.2) is 0 Å². The van der Waals surface area contributed by atoms with Gasteiger partial charge in [0.25, 0.3) is 0 Å². The van der Waals surface area contributed by atoms with Crippen molar-refractivity contribution in [3.8, 4) is 0 Å². The Morgan fingerprint density at radius 3 is 1.17 bits per heavy atom. The van der Waals surface area contributed by atoms with Crippen LogP contribution < -0.4 is 9.59 Å². The molecule has 0 fully saturated rings. The van der Waals surface area contributed by atoms with E-state index in [9.17, 15) is 0 Å². The summed E-state index contributed by atoms with van der Waals surface area (Å²) in [7, 11) is -3.63. The minimum atomic E-state index is -3.63. The first-order chi connectivity index (χ1) is 1.73. The summed E-state index contributed by atoms with van der Waals surface area (Å²) in [4.78, 5) is 17.0. The van der Waals surface area contributed by atoms with Gasteiger partial charge >= 0.3 is 75.5 Å². The number of hydrogen-bond acceptors (Lipinski definition) is 3. The molecule has 0 rings (SSSR count). The molecule has 0 spiro atoms. The Balaban J connectivity index is -0.0000000450. The van der Waals surface area contributed by atoms with Crippen molar-refractivity contribution in [2.45, 2.75) is 0 Å². The SMILES string of the molecule is O=[Si]([O-])[O-].[Ca+2].[Ca+2]. The fourth-order valence-corrected chi connectivity index (χ4v) is 0. The molecule has 0 aliphatic carbocycles. The molecule has 0 aromatic rings. The van der Waals surface area contributed by atoms with Gasteiger partial charge in [-0.05, 0) is 0 Å². The predicted octanol–water partition coefficient (Wildman–Crippen LogP) is -3.64. The van der Waals surface area contributed by atoms with Crippen LogP contribution in [0.2, 0.25) is 0 Å². The second-order valence-corrected chi connectivity index (χ2v) is 0.750. The van der Waals surface area contributed by atoms with E-state index in [0.29, 0.717) is 0 Å². The average molecular weight is 156 g/mol. The van der Waals surface area contributed by atoms with Crippen LogP contribution in [0.4, 0.5) is 0 Å². The van der Waals surface area contributed by atoms with Crippen molar-refractivity contribution < 1.29 is 14.1 Å². The molecular weight excluding hydrogens is 156 g/mol. The summed E-state index contributed by atoms with van der Waals surface area (Å²) in [6, 6.07) is 0. The van der Waals surface area contributed by atoms with E-state index in [1.165, 1.54) is 0 Å². The molecular formula is Ca2O3Si+2. The van der Waals surface area contributed by atoms with Gasteiger partial charge in [-0.15, -0.1) is 0 Å². The molecule has 0 amide bonds. The van der Waals surface area contributed by atoms with Gasteiger partial charge in [0.05, 0.1) is 0 Å².